The number of carbonyl (C=O) groups excluding carboxylic acids is 1. The molecule has 0 unspecified atom stereocenters. The second-order valence-corrected chi connectivity index (χ2v) is 4.95. The molecule has 0 bridgehead atoms. The normalized spacial score (nSPS) is 11.2. The second-order valence-electron chi connectivity index (χ2n) is 4.54. The van der Waals surface area contributed by atoms with Crippen molar-refractivity contribution < 1.29 is 14.5 Å². The Morgan fingerprint density at radius 1 is 1.47 bits per heavy atom. The van der Waals surface area contributed by atoms with Crippen molar-refractivity contribution in [2.24, 2.45) is 0 Å². The van der Waals surface area contributed by atoms with Gasteiger partial charge in [-0.25, -0.2) is 0 Å². The number of aryl methyl sites for hydroxylation is 1. The summed E-state index contributed by atoms with van der Waals surface area (Å²) in [5, 5.41) is 13.3. The van der Waals surface area contributed by atoms with E-state index in [0.29, 0.717) is 11.3 Å². The van der Waals surface area contributed by atoms with Crippen molar-refractivity contribution in [3.63, 3.8) is 0 Å². The largest absolute Gasteiger partial charge is 0.369 e. The minimum absolute atomic E-state index is 0.0267. The molecule has 0 heterocycles. The Morgan fingerprint density at radius 2 is 2.05 bits per heavy atom. The first-order chi connectivity index (χ1) is 8.69. The van der Waals surface area contributed by atoms with Crippen molar-refractivity contribution in [2.45, 2.75) is 26.4 Å². The summed E-state index contributed by atoms with van der Waals surface area (Å²) < 4.78 is 5.05. The molecular formula is C12H15ClN2O4. The summed E-state index contributed by atoms with van der Waals surface area (Å²) in [7, 11) is 1.43. The zero-order chi connectivity index (χ0) is 14.8. The van der Waals surface area contributed by atoms with E-state index in [1.807, 2.05) is 0 Å². The van der Waals surface area contributed by atoms with E-state index < -0.39 is 10.5 Å². The first kappa shape index (κ1) is 15.4. The van der Waals surface area contributed by atoms with Gasteiger partial charge < -0.3 is 10.1 Å². The van der Waals surface area contributed by atoms with Crippen LogP contribution in [0.3, 0.4) is 0 Å². The van der Waals surface area contributed by atoms with E-state index in [4.69, 9.17) is 16.3 Å². The van der Waals surface area contributed by atoms with Gasteiger partial charge in [-0.1, -0.05) is 11.6 Å². The number of methoxy groups -OCH3 is 1. The second kappa shape index (κ2) is 5.54. The van der Waals surface area contributed by atoms with Crippen LogP contribution in [0.4, 0.5) is 11.4 Å². The van der Waals surface area contributed by atoms with Crippen LogP contribution in [-0.2, 0) is 9.53 Å². The lowest BCUT2D eigenvalue weighted by molar-refractivity contribution is -0.384. The van der Waals surface area contributed by atoms with Gasteiger partial charge in [-0.05, 0) is 32.4 Å². The lowest BCUT2D eigenvalue weighted by Gasteiger charge is -2.22. The van der Waals surface area contributed by atoms with Gasteiger partial charge >= 0.3 is 0 Å². The Bertz CT molecular complexity index is 529. The molecule has 0 saturated carbocycles. The zero-order valence-corrected chi connectivity index (χ0v) is 11.9. The zero-order valence-electron chi connectivity index (χ0n) is 11.1. The number of rotatable bonds is 4. The maximum absolute atomic E-state index is 11.9. The third-order valence-corrected chi connectivity index (χ3v) is 3.10. The van der Waals surface area contributed by atoms with Gasteiger partial charge in [0.1, 0.15) is 10.6 Å². The number of nitro groups is 1. The molecule has 1 aromatic carbocycles. The smallest absolute Gasteiger partial charge is 0.288 e. The van der Waals surface area contributed by atoms with Crippen molar-refractivity contribution in [2.75, 3.05) is 12.4 Å². The number of nitro benzene ring substituents is 1. The first-order valence-electron chi connectivity index (χ1n) is 5.50. The number of nitrogens with one attached hydrogen (secondary N) is 1. The van der Waals surface area contributed by atoms with E-state index in [0.717, 1.165) is 0 Å². The molecule has 6 nitrogen and oxygen atoms in total. The fourth-order valence-corrected chi connectivity index (χ4v) is 1.54. The Labute approximate surface area is 115 Å². The average Bonchev–Trinajstić information content (AvgIpc) is 2.32. The van der Waals surface area contributed by atoms with Crippen LogP contribution in [0.2, 0.25) is 5.02 Å². The number of ether oxygens (including phenoxy) is 1. The van der Waals surface area contributed by atoms with Gasteiger partial charge in [-0.2, -0.15) is 0 Å². The number of hydrogen-bond donors (Lipinski definition) is 1. The van der Waals surface area contributed by atoms with Gasteiger partial charge in [0.05, 0.1) is 4.92 Å². The van der Waals surface area contributed by atoms with Crippen LogP contribution in [0, 0.1) is 17.0 Å². The first-order valence-corrected chi connectivity index (χ1v) is 5.88. The van der Waals surface area contributed by atoms with Gasteiger partial charge in [0, 0.05) is 18.9 Å². The Balaban J connectivity index is 3.08. The molecule has 0 aliphatic rings. The van der Waals surface area contributed by atoms with Gasteiger partial charge in [-0.15, -0.1) is 0 Å². The maximum atomic E-state index is 11.9. The summed E-state index contributed by atoms with van der Waals surface area (Å²) in [4.78, 5) is 22.1. The van der Waals surface area contributed by atoms with Crippen molar-refractivity contribution in [3.8, 4) is 0 Å². The van der Waals surface area contributed by atoms with Crippen LogP contribution in [0.25, 0.3) is 0 Å². The predicted octanol–water partition coefficient (Wildman–Crippen LogP) is 2.92. The number of nitrogens with zero attached hydrogens (tertiary/aromatic N) is 1. The van der Waals surface area contributed by atoms with E-state index in [1.165, 1.54) is 19.2 Å². The highest BCUT2D eigenvalue weighted by Gasteiger charge is 2.28. The molecule has 0 atom stereocenters. The lowest BCUT2D eigenvalue weighted by atomic mass is 10.1. The SMILES string of the molecule is COC(C)(C)C(=O)Nc1cc(Cl)c([N+](=O)[O-])cc1C. The van der Waals surface area contributed by atoms with E-state index >= 15 is 0 Å². The van der Waals surface area contributed by atoms with Crippen molar-refractivity contribution in [1.82, 2.24) is 0 Å². The van der Waals surface area contributed by atoms with Crippen molar-refractivity contribution >= 4 is 28.9 Å². The molecule has 0 aromatic heterocycles. The molecule has 1 aromatic rings. The monoisotopic (exact) mass is 286 g/mol. The molecule has 0 aliphatic heterocycles. The minimum atomic E-state index is -0.999. The number of benzene rings is 1. The highest BCUT2D eigenvalue weighted by molar-refractivity contribution is 6.33. The average molecular weight is 287 g/mol. The summed E-state index contributed by atoms with van der Waals surface area (Å²) in [5.74, 6) is -0.358. The minimum Gasteiger partial charge on any atom is -0.369 e. The molecule has 7 heteroatoms. The Hall–Kier alpha value is -1.66. The fourth-order valence-electron chi connectivity index (χ4n) is 1.31. The van der Waals surface area contributed by atoms with E-state index in [-0.39, 0.29) is 16.6 Å². The molecule has 0 aliphatic carbocycles. The number of hydrogen-bond acceptors (Lipinski definition) is 4. The summed E-state index contributed by atoms with van der Waals surface area (Å²) in [5.41, 5.74) is -0.217. The Kier molecular flexibility index (Phi) is 4.49. The summed E-state index contributed by atoms with van der Waals surface area (Å²) in [6.07, 6.45) is 0. The third-order valence-electron chi connectivity index (χ3n) is 2.80. The lowest BCUT2D eigenvalue weighted by Crippen LogP contribution is -2.38. The highest BCUT2D eigenvalue weighted by Crippen LogP contribution is 2.31. The standard InChI is InChI=1S/C12H15ClN2O4/c1-7-5-10(15(17)18)8(13)6-9(7)14-11(16)12(2,3)19-4/h5-6H,1-4H3,(H,14,16). The number of halogens is 1. The molecule has 1 N–H and O–H groups in total. The topological polar surface area (TPSA) is 81.5 Å². The van der Waals surface area contributed by atoms with Gasteiger partial charge in [-0.3, -0.25) is 14.9 Å². The molecular weight excluding hydrogens is 272 g/mol. The number of carbonyl (C=O) groups is 1. The maximum Gasteiger partial charge on any atom is 0.288 e. The molecule has 0 fully saturated rings. The van der Waals surface area contributed by atoms with E-state index in [2.05, 4.69) is 5.32 Å². The van der Waals surface area contributed by atoms with Crippen LogP contribution in [0.1, 0.15) is 19.4 Å². The van der Waals surface area contributed by atoms with Gasteiger partial charge in [0.25, 0.3) is 11.6 Å². The van der Waals surface area contributed by atoms with Crippen LogP contribution in [0.5, 0.6) is 0 Å². The number of anilines is 1. The van der Waals surface area contributed by atoms with Crippen LogP contribution < -0.4 is 5.32 Å². The van der Waals surface area contributed by atoms with Gasteiger partial charge in [0.15, 0.2) is 0 Å². The fraction of sp³-hybridized carbons (Fsp3) is 0.417. The quantitative estimate of drug-likeness (QED) is 0.681. The molecule has 0 saturated heterocycles. The van der Waals surface area contributed by atoms with Crippen LogP contribution >= 0.6 is 11.6 Å². The van der Waals surface area contributed by atoms with Crippen molar-refractivity contribution in [3.05, 3.63) is 32.8 Å². The summed E-state index contributed by atoms with van der Waals surface area (Å²) in [6.45, 7) is 4.88. The van der Waals surface area contributed by atoms with Gasteiger partial charge in [0.2, 0.25) is 0 Å². The summed E-state index contributed by atoms with van der Waals surface area (Å²) >= 11 is 5.80. The number of amides is 1. The summed E-state index contributed by atoms with van der Waals surface area (Å²) in [6, 6.07) is 2.68. The Morgan fingerprint density at radius 3 is 2.53 bits per heavy atom. The van der Waals surface area contributed by atoms with Crippen LogP contribution in [-0.4, -0.2) is 23.5 Å². The van der Waals surface area contributed by atoms with E-state index in [9.17, 15) is 14.9 Å². The molecule has 0 radical (unpaired) electrons. The van der Waals surface area contributed by atoms with Crippen molar-refractivity contribution in [1.29, 1.82) is 0 Å². The highest BCUT2D eigenvalue weighted by atomic mass is 35.5. The molecule has 1 rings (SSSR count). The molecule has 1 amide bonds. The third kappa shape index (κ3) is 3.42. The van der Waals surface area contributed by atoms with E-state index in [1.54, 1.807) is 20.8 Å². The molecule has 0 spiro atoms. The molecule has 19 heavy (non-hydrogen) atoms. The van der Waals surface area contributed by atoms with Crippen LogP contribution in [0.15, 0.2) is 12.1 Å². The predicted molar refractivity (Wildman–Crippen MR) is 72.6 cm³/mol. The molecule has 104 valence electrons.